The summed E-state index contributed by atoms with van der Waals surface area (Å²) in [6.45, 7) is 0.693. The number of benzene rings is 3. The van der Waals surface area contributed by atoms with Crippen molar-refractivity contribution < 1.29 is 19.1 Å². The van der Waals surface area contributed by atoms with Crippen molar-refractivity contribution in [2.75, 3.05) is 6.61 Å². The first kappa shape index (κ1) is 18.0. The lowest BCUT2D eigenvalue weighted by Gasteiger charge is -2.09. The Balaban J connectivity index is 1.43. The van der Waals surface area contributed by atoms with Gasteiger partial charge in [-0.05, 0) is 23.3 Å². The van der Waals surface area contributed by atoms with Gasteiger partial charge in [0.25, 0.3) is 0 Å². The number of rotatable bonds is 5. The first-order valence-corrected chi connectivity index (χ1v) is 9.28. The van der Waals surface area contributed by atoms with Gasteiger partial charge >= 0.3 is 5.97 Å². The van der Waals surface area contributed by atoms with Crippen LogP contribution < -0.4 is 4.74 Å². The fourth-order valence-corrected chi connectivity index (χ4v) is 3.30. The van der Waals surface area contributed by atoms with Gasteiger partial charge in [0.1, 0.15) is 12.4 Å². The van der Waals surface area contributed by atoms with Crippen LogP contribution in [0.1, 0.15) is 32.6 Å². The Morgan fingerprint density at radius 2 is 1.68 bits per heavy atom. The third-order valence-corrected chi connectivity index (χ3v) is 4.78. The molecule has 0 radical (unpaired) electrons. The van der Waals surface area contributed by atoms with Gasteiger partial charge in [-0.1, -0.05) is 60.7 Å². The summed E-state index contributed by atoms with van der Waals surface area (Å²) in [5, 5.41) is 0. The molecule has 0 saturated heterocycles. The lowest BCUT2D eigenvalue weighted by molar-refractivity contribution is -0.142. The summed E-state index contributed by atoms with van der Waals surface area (Å²) in [4.78, 5) is 25.1. The number of carbonyl (C=O) groups excluding carboxylic acids is 2. The molecule has 1 aliphatic heterocycles. The normalized spacial score (nSPS) is 12.4. The molecule has 0 bridgehead atoms. The highest BCUT2D eigenvalue weighted by Gasteiger charge is 2.22. The van der Waals surface area contributed by atoms with Crippen LogP contribution in [0.25, 0.3) is 0 Å². The number of ketones is 1. The third-order valence-electron chi connectivity index (χ3n) is 4.78. The van der Waals surface area contributed by atoms with Crippen molar-refractivity contribution in [2.24, 2.45) is 0 Å². The van der Waals surface area contributed by atoms with E-state index in [1.54, 1.807) is 24.3 Å². The number of hydrogen-bond acceptors (Lipinski definition) is 4. The second kappa shape index (κ2) is 8.09. The summed E-state index contributed by atoms with van der Waals surface area (Å²) < 4.78 is 11.1. The van der Waals surface area contributed by atoms with Crippen molar-refractivity contribution in [3.63, 3.8) is 0 Å². The maximum absolute atomic E-state index is 12.9. The lowest BCUT2D eigenvalue weighted by Crippen LogP contribution is -2.11. The molecule has 4 heteroatoms. The summed E-state index contributed by atoms with van der Waals surface area (Å²) in [6.07, 6.45) is 0.802. The number of ether oxygens (including phenoxy) is 2. The maximum Gasteiger partial charge on any atom is 0.310 e. The molecule has 4 nitrogen and oxygen atoms in total. The fraction of sp³-hybridized carbons (Fsp3) is 0.167. The Bertz CT molecular complexity index is 1010. The monoisotopic (exact) mass is 372 g/mol. The van der Waals surface area contributed by atoms with Crippen LogP contribution in [0.4, 0.5) is 0 Å². The van der Waals surface area contributed by atoms with Crippen molar-refractivity contribution in [3.05, 3.63) is 101 Å². The van der Waals surface area contributed by atoms with Crippen molar-refractivity contribution in [1.82, 2.24) is 0 Å². The molecule has 0 aromatic heterocycles. The van der Waals surface area contributed by atoms with Gasteiger partial charge in [-0.15, -0.1) is 0 Å². The molecule has 28 heavy (non-hydrogen) atoms. The van der Waals surface area contributed by atoms with Crippen LogP contribution in [0.3, 0.4) is 0 Å². The summed E-state index contributed by atoms with van der Waals surface area (Å²) in [5.41, 5.74) is 3.86. The average molecular weight is 372 g/mol. The molecular weight excluding hydrogens is 352 g/mol. The van der Waals surface area contributed by atoms with E-state index in [0.29, 0.717) is 36.5 Å². The predicted molar refractivity (Wildman–Crippen MR) is 105 cm³/mol. The highest BCUT2D eigenvalue weighted by atomic mass is 16.5. The quantitative estimate of drug-likeness (QED) is 0.632. The van der Waals surface area contributed by atoms with Gasteiger partial charge in [0.2, 0.25) is 0 Å². The van der Waals surface area contributed by atoms with E-state index in [2.05, 4.69) is 0 Å². The van der Waals surface area contributed by atoms with Gasteiger partial charge in [0.15, 0.2) is 5.78 Å². The van der Waals surface area contributed by atoms with Crippen LogP contribution in [0.5, 0.6) is 5.75 Å². The average Bonchev–Trinajstić information content (AvgIpc) is 2.86. The molecule has 0 amide bonds. The second-order valence-corrected chi connectivity index (χ2v) is 6.74. The van der Waals surface area contributed by atoms with E-state index < -0.39 is 0 Å². The molecule has 4 rings (SSSR count). The topological polar surface area (TPSA) is 52.6 Å². The Kier molecular flexibility index (Phi) is 5.20. The fourth-order valence-electron chi connectivity index (χ4n) is 3.30. The molecule has 0 fully saturated rings. The molecule has 3 aromatic rings. The van der Waals surface area contributed by atoms with Gasteiger partial charge in [-0.3, -0.25) is 9.59 Å². The number of carbonyl (C=O) groups is 2. The molecule has 0 atom stereocenters. The van der Waals surface area contributed by atoms with Crippen molar-refractivity contribution >= 4 is 11.8 Å². The minimum atomic E-state index is -0.307. The Morgan fingerprint density at radius 1 is 0.893 bits per heavy atom. The van der Waals surface area contributed by atoms with E-state index in [1.165, 1.54) is 0 Å². The van der Waals surface area contributed by atoms with Crippen LogP contribution in [-0.2, 0) is 29.0 Å². The number of fused-ring (bicyclic) bond motifs is 2. The molecule has 0 N–H and O–H groups in total. The zero-order valence-electron chi connectivity index (χ0n) is 15.4. The third kappa shape index (κ3) is 3.96. The van der Waals surface area contributed by atoms with Crippen LogP contribution in [0.15, 0.2) is 72.8 Å². The molecule has 140 valence electrons. The molecule has 0 unspecified atom stereocenters. The van der Waals surface area contributed by atoms with E-state index in [9.17, 15) is 9.59 Å². The predicted octanol–water partition coefficient (Wildman–Crippen LogP) is 4.14. The number of hydrogen-bond donors (Lipinski definition) is 0. The van der Waals surface area contributed by atoms with Gasteiger partial charge in [0.05, 0.1) is 18.6 Å². The highest BCUT2D eigenvalue weighted by Crippen LogP contribution is 2.29. The highest BCUT2D eigenvalue weighted by molar-refractivity contribution is 6.12. The molecular formula is C24H20O4. The van der Waals surface area contributed by atoms with Crippen LogP contribution in [0, 0.1) is 0 Å². The van der Waals surface area contributed by atoms with E-state index in [1.807, 2.05) is 48.5 Å². The lowest BCUT2D eigenvalue weighted by atomic mass is 9.97. The first-order chi connectivity index (χ1) is 13.7. The molecule has 0 spiro atoms. The van der Waals surface area contributed by atoms with E-state index in [0.717, 1.165) is 16.7 Å². The molecule has 0 saturated carbocycles. The molecule has 1 heterocycles. The molecule has 1 aliphatic rings. The van der Waals surface area contributed by atoms with Crippen LogP contribution in [-0.4, -0.2) is 18.4 Å². The summed E-state index contributed by atoms with van der Waals surface area (Å²) in [5.74, 6) is 0.156. The summed E-state index contributed by atoms with van der Waals surface area (Å²) in [6, 6.07) is 22.6. The largest absolute Gasteiger partial charge is 0.488 e. The minimum absolute atomic E-state index is 0.0811. The Labute approximate surface area is 163 Å². The molecule has 3 aromatic carbocycles. The van der Waals surface area contributed by atoms with Gasteiger partial charge in [-0.2, -0.15) is 0 Å². The van der Waals surface area contributed by atoms with Crippen LogP contribution >= 0.6 is 0 Å². The molecule has 0 aliphatic carbocycles. The smallest absolute Gasteiger partial charge is 0.310 e. The van der Waals surface area contributed by atoms with E-state index in [4.69, 9.17) is 9.47 Å². The summed E-state index contributed by atoms with van der Waals surface area (Å²) in [7, 11) is 0. The number of esters is 1. The summed E-state index contributed by atoms with van der Waals surface area (Å²) >= 11 is 0. The maximum atomic E-state index is 12.9. The SMILES string of the molecule is O=C(Cc1ccc2c(c1)C(=O)c1ccccc1CO2)OCCc1ccccc1. The standard InChI is InChI=1S/C24H20O4/c25-23(27-13-12-17-6-2-1-3-7-17)15-18-10-11-22-21(14-18)24(26)20-9-5-4-8-19(20)16-28-22/h1-11,14H,12-13,15-16H2. The van der Waals surface area contributed by atoms with Gasteiger partial charge in [-0.25, -0.2) is 0 Å². The minimum Gasteiger partial charge on any atom is -0.488 e. The first-order valence-electron chi connectivity index (χ1n) is 9.28. The van der Waals surface area contributed by atoms with Crippen molar-refractivity contribution in [1.29, 1.82) is 0 Å². The van der Waals surface area contributed by atoms with E-state index >= 15 is 0 Å². The Morgan fingerprint density at radius 3 is 2.54 bits per heavy atom. The van der Waals surface area contributed by atoms with Crippen molar-refractivity contribution in [2.45, 2.75) is 19.4 Å². The van der Waals surface area contributed by atoms with Gasteiger partial charge < -0.3 is 9.47 Å². The zero-order chi connectivity index (χ0) is 19.3. The zero-order valence-corrected chi connectivity index (χ0v) is 15.4. The second-order valence-electron chi connectivity index (χ2n) is 6.74. The van der Waals surface area contributed by atoms with Gasteiger partial charge in [0, 0.05) is 17.5 Å². The Hall–Kier alpha value is -3.40. The van der Waals surface area contributed by atoms with Crippen molar-refractivity contribution in [3.8, 4) is 5.75 Å². The van der Waals surface area contributed by atoms with E-state index in [-0.39, 0.29) is 18.2 Å². The van der Waals surface area contributed by atoms with Crippen LogP contribution in [0.2, 0.25) is 0 Å².